The zero-order valence-electron chi connectivity index (χ0n) is 17.8. The summed E-state index contributed by atoms with van der Waals surface area (Å²) in [5.41, 5.74) is 2.63. The summed E-state index contributed by atoms with van der Waals surface area (Å²) in [6.45, 7) is 8.12. The molecule has 0 heterocycles. The van der Waals surface area contributed by atoms with Crippen molar-refractivity contribution < 1.29 is 14.3 Å². The summed E-state index contributed by atoms with van der Waals surface area (Å²) >= 11 is 12.2. The standard InChI is InChI=1S/C23H28Cl2N2O3/c1-5-10-26-23(29)17(4)27(13-18-6-8-19(24)9-7-18)21(28)14-30-20-11-15(2)22(25)16(3)12-20/h6-9,11-12,17H,5,10,13-14H2,1-4H3,(H,26,29)/t17-/m1/s1. The maximum absolute atomic E-state index is 13.0. The van der Waals surface area contributed by atoms with E-state index in [0.717, 1.165) is 23.1 Å². The van der Waals surface area contributed by atoms with Gasteiger partial charge in [0.1, 0.15) is 11.8 Å². The lowest BCUT2D eigenvalue weighted by atomic mass is 10.1. The molecule has 0 saturated carbocycles. The Morgan fingerprint density at radius 3 is 2.27 bits per heavy atom. The Morgan fingerprint density at radius 2 is 1.70 bits per heavy atom. The lowest BCUT2D eigenvalue weighted by molar-refractivity contribution is -0.142. The average Bonchev–Trinajstić information content (AvgIpc) is 2.73. The Hall–Kier alpha value is -2.24. The first-order chi connectivity index (χ1) is 14.2. The number of ether oxygens (including phenoxy) is 1. The molecule has 0 aromatic heterocycles. The number of amides is 2. The molecule has 0 spiro atoms. The molecule has 2 aromatic carbocycles. The van der Waals surface area contributed by atoms with E-state index in [1.807, 2.05) is 32.9 Å². The molecule has 2 aromatic rings. The molecule has 0 unspecified atom stereocenters. The summed E-state index contributed by atoms with van der Waals surface area (Å²) in [4.78, 5) is 27.0. The smallest absolute Gasteiger partial charge is 0.261 e. The van der Waals surface area contributed by atoms with Gasteiger partial charge in [-0.25, -0.2) is 0 Å². The number of hydrogen-bond donors (Lipinski definition) is 1. The van der Waals surface area contributed by atoms with Crippen LogP contribution in [0.15, 0.2) is 36.4 Å². The second-order valence-electron chi connectivity index (χ2n) is 7.27. The van der Waals surface area contributed by atoms with Gasteiger partial charge >= 0.3 is 0 Å². The van der Waals surface area contributed by atoms with E-state index in [-0.39, 0.29) is 25.0 Å². The molecule has 5 nitrogen and oxygen atoms in total. The minimum Gasteiger partial charge on any atom is -0.484 e. The molecule has 1 N–H and O–H groups in total. The van der Waals surface area contributed by atoms with Crippen molar-refractivity contribution in [3.63, 3.8) is 0 Å². The van der Waals surface area contributed by atoms with E-state index in [0.29, 0.717) is 22.3 Å². The quantitative estimate of drug-likeness (QED) is 0.588. The van der Waals surface area contributed by atoms with Crippen LogP contribution in [-0.2, 0) is 16.1 Å². The highest BCUT2D eigenvalue weighted by Crippen LogP contribution is 2.26. The Bertz CT molecular complexity index is 862. The highest BCUT2D eigenvalue weighted by Gasteiger charge is 2.26. The van der Waals surface area contributed by atoms with Gasteiger partial charge in [0.15, 0.2) is 6.61 Å². The SMILES string of the molecule is CCCNC(=O)[C@@H](C)N(Cc1ccc(Cl)cc1)C(=O)COc1cc(C)c(Cl)c(C)c1. The summed E-state index contributed by atoms with van der Waals surface area (Å²) in [7, 11) is 0. The highest BCUT2D eigenvalue weighted by molar-refractivity contribution is 6.32. The van der Waals surface area contributed by atoms with Gasteiger partial charge < -0.3 is 15.0 Å². The zero-order chi connectivity index (χ0) is 22.3. The number of halogens is 2. The maximum atomic E-state index is 13.0. The molecular weight excluding hydrogens is 423 g/mol. The first-order valence-corrected chi connectivity index (χ1v) is 10.7. The Morgan fingerprint density at radius 1 is 1.10 bits per heavy atom. The van der Waals surface area contributed by atoms with Crippen molar-refractivity contribution in [3.05, 3.63) is 63.1 Å². The molecule has 2 amide bonds. The summed E-state index contributed by atoms with van der Waals surface area (Å²) in [6.07, 6.45) is 0.821. The second-order valence-corrected chi connectivity index (χ2v) is 8.09. The maximum Gasteiger partial charge on any atom is 0.261 e. The van der Waals surface area contributed by atoms with Gasteiger partial charge in [0.25, 0.3) is 5.91 Å². The summed E-state index contributed by atoms with van der Waals surface area (Å²) in [5.74, 6) is 0.0870. The van der Waals surface area contributed by atoms with Crippen LogP contribution in [0.25, 0.3) is 0 Å². The highest BCUT2D eigenvalue weighted by atomic mass is 35.5. The molecule has 0 fully saturated rings. The van der Waals surface area contributed by atoms with Crippen LogP contribution in [0, 0.1) is 13.8 Å². The summed E-state index contributed by atoms with van der Waals surface area (Å²) in [5, 5.41) is 4.14. The lowest BCUT2D eigenvalue weighted by Gasteiger charge is -2.28. The normalized spacial score (nSPS) is 11.7. The van der Waals surface area contributed by atoms with Crippen molar-refractivity contribution in [1.29, 1.82) is 0 Å². The summed E-state index contributed by atoms with van der Waals surface area (Å²) in [6, 6.07) is 10.1. The van der Waals surface area contributed by atoms with E-state index in [1.165, 1.54) is 4.90 Å². The first-order valence-electron chi connectivity index (χ1n) is 9.94. The number of benzene rings is 2. The third kappa shape index (κ3) is 6.64. The second kappa shape index (κ2) is 11.2. The predicted molar refractivity (Wildman–Crippen MR) is 121 cm³/mol. The zero-order valence-corrected chi connectivity index (χ0v) is 19.3. The fourth-order valence-electron chi connectivity index (χ4n) is 2.98. The number of carbonyl (C=O) groups excluding carboxylic acids is 2. The van der Waals surface area contributed by atoms with Crippen molar-refractivity contribution in [2.24, 2.45) is 0 Å². The molecular formula is C23H28Cl2N2O3. The van der Waals surface area contributed by atoms with Gasteiger partial charge in [-0.2, -0.15) is 0 Å². The topological polar surface area (TPSA) is 58.6 Å². The van der Waals surface area contributed by atoms with Gasteiger partial charge in [0, 0.05) is 23.1 Å². The molecule has 0 aliphatic heterocycles. The molecule has 0 bridgehead atoms. The Labute approximate surface area is 188 Å². The van der Waals surface area contributed by atoms with Crippen LogP contribution in [0.4, 0.5) is 0 Å². The van der Waals surface area contributed by atoms with Gasteiger partial charge in [0.05, 0.1) is 0 Å². The van der Waals surface area contributed by atoms with Gasteiger partial charge in [-0.05, 0) is 68.1 Å². The predicted octanol–water partition coefficient (Wildman–Crippen LogP) is 4.93. The number of rotatable bonds is 9. The summed E-state index contributed by atoms with van der Waals surface area (Å²) < 4.78 is 5.73. The van der Waals surface area contributed by atoms with Gasteiger partial charge in [-0.15, -0.1) is 0 Å². The van der Waals surface area contributed by atoms with E-state index in [4.69, 9.17) is 27.9 Å². The minimum atomic E-state index is -0.642. The van der Waals surface area contributed by atoms with Gasteiger partial charge in [-0.3, -0.25) is 9.59 Å². The lowest BCUT2D eigenvalue weighted by Crippen LogP contribution is -2.49. The number of nitrogens with one attached hydrogen (secondary N) is 1. The molecule has 7 heteroatoms. The van der Waals surface area contributed by atoms with Crippen LogP contribution < -0.4 is 10.1 Å². The number of carbonyl (C=O) groups is 2. The molecule has 162 valence electrons. The fourth-order valence-corrected chi connectivity index (χ4v) is 3.22. The van der Waals surface area contributed by atoms with Crippen LogP contribution in [0.5, 0.6) is 5.75 Å². The number of hydrogen-bond acceptors (Lipinski definition) is 3. The number of nitrogens with zero attached hydrogens (tertiary/aromatic N) is 1. The van der Waals surface area contributed by atoms with Crippen LogP contribution in [0.3, 0.4) is 0 Å². The Balaban J connectivity index is 2.16. The van der Waals surface area contributed by atoms with Crippen molar-refractivity contribution in [2.45, 2.75) is 46.7 Å². The first kappa shape index (κ1) is 24.0. The molecule has 0 aliphatic carbocycles. The Kier molecular flexibility index (Phi) is 9.00. The van der Waals surface area contributed by atoms with Crippen LogP contribution in [0.2, 0.25) is 10.0 Å². The molecule has 2 rings (SSSR count). The third-order valence-electron chi connectivity index (χ3n) is 4.75. The van der Waals surface area contributed by atoms with Crippen LogP contribution >= 0.6 is 23.2 Å². The van der Waals surface area contributed by atoms with E-state index >= 15 is 0 Å². The molecule has 0 radical (unpaired) electrons. The average molecular weight is 451 g/mol. The fraction of sp³-hybridized carbons (Fsp3) is 0.391. The van der Waals surface area contributed by atoms with E-state index in [2.05, 4.69) is 5.32 Å². The molecule has 30 heavy (non-hydrogen) atoms. The number of aryl methyl sites for hydroxylation is 2. The molecule has 0 saturated heterocycles. The van der Waals surface area contributed by atoms with Crippen molar-refractivity contribution in [2.75, 3.05) is 13.2 Å². The third-order valence-corrected chi connectivity index (χ3v) is 5.60. The van der Waals surface area contributed by atoms with Crippen molar-refractivity contribution in [3.8, 4) is 5.75 Å². The van der Waals surface area contributed by atoms with Crippen LogP contribution in [0.1, 0.15) is 37.0 Å². The van der Waals surface area contributed by atoms with E-state index < -0.39 is 6.04 Å². The largest absolute Gasteiger partial charge is 0.484 e. The van der Waals surface area contributed by atoms with Crippen molar-refractivity contribution in [1.82, 2.24) is 10.2 Å². The van der Waals surface area contributed by atoms with Gasteiger partial charge in [0.2, 0.25) is 5.91 Å². The van der Waals surface area contributed by atoms with Gasteiger partial charge in [-0.1, -0.05) is 42.3 Å². The molecule has 0 aliphatic rings. The van der Waals surface area contributed by atoms with Crippen LogP contribution in [-0.4, -0.2) is 35.9 Å². The van der Waals surface area contributed by atoms with E-state index in [1.54, 1.807) is 31.2 Å². The monoisotopic (exact) mass is 450 g/mol. The minimum absolute atomic E-state index is 0.181. The molecule has 1 atom stereocenters. The van der Waals surface area contributed by atoms with Crippen molar-refractivity contribution >= 4 is 35.0 Å². The van der Waals surface area contributed by atoms with E-state index in [9.17, 15) is 9.59 Å².